The zero-order valence-corrected chi connectivity index (χ0v) is 12.6. The fourth-order valence-electron chi connectivity index (χ4n) is 2.38. The van der Waals surface area contributed by atoms with Gasteiger partial charge in [-0.25, -0.2) is 0 Å². The fraction of sp³-hybridized carbons (Fsp3) is 0.733. The van der Waals surface area contributed by atoms with Crippen LogP contribution >= 0.6 is 0 Å². The van der Waals surface area contributed by atoms with Crippen molar-refractivity contribution in [3.8, 4) is 0 Å². The van der Waals surface area contributed by atoms with Gasteiger partial charge in [-0.15, -0.1) is 0 Å². The molecule has 0 atom stereocenters. The summed E-state index contributed by atoms with van der Waals surface area (Å²) in [6.45, 7) is 12.4. The molecule has 1 saturated heterocycles. The maximum atomic E-state index is 3.46. The van der Waals surface area contributed by atoms with E-state index in [4.69, 9.17) is 0 Å². The van der Waals surface area contributed by atoms with Gasteiger partial charge in [-0.2, -0.15) is 0 Å². The molecule has 0 radical (unpaired) electrons. The third kappa shape index (κ3) is 4.97. The van der Waals surface area contributed by atoms with Crippen molar-refractivity contribution >= 4 is 0 Å². The molecule has 2 heterocycles. The minimum absolute atomic E-state index is 0.550. The number of rotatable bonds is 6. The van der Waals surface area contributed by atoms with E-state index in [0.29, 0.717) is 6.04 Å². The average Bonchev–Trinajstić information content (AvgIpc) is 2.84. The molecule has 0 aliphatic carbocycles. The first kappa shape index (κ1) is 14.6. The maximum absolute atomic E-state index is 3.46. The van der Waals surface area contributed by atoms with Crippen LogP contribution in [0, 0.1) is 0 Å². The smallest absolute Gasteiger partial charge is 0.0347 e. The van der Waals surface area contributed by atoms with Crippen molar-refractivity contribution in [2.75, 3.05) is 39.8 Å². The van der Waals surface area contributed by atoms with Crippen LogP contribution in [-0.4, -0.2) is 60.2 Å². The second-order valence-electron chi connectivity index (χ2n) is 5.94. The van der Waals surface area contributed by atoms with Crippen molar-refractivity contribution in [1.82, 2.24) is 19.7 Å². The van der Waals surface area contributed by atoms with Crippen molar-refractivity contribution in [1.29, 1.82) is 0 Å². The van der Waals surface area contributed by atoms with Crippen molar-refractivity contribution in [2.24, 2.45) is 0 Å². The number of hydrogen-bond donors (Lipinski definition) is 1. The lowest BCUT2D eigenvalue weighted by molar-refractivity contribution is 0.150. The average molecular weight is 264 g/mol. The Bertz CT molecular complexity index is 364. The minimum Gasteiger partial charge on any atom is -0.353 e. The summed E-state index contributed by atoms with van der Waals surface area (Å²) in [4.78, 5) is 4.97. The van der Waals surface area contributed by atoms with Gasteiger partial charge < -0.3 is 14.8 Å². The Kier molecular flexibility index (Phi) is 5.43. The van der Waals surface area contributed by atoms with Crippen LogP contribution in [-0.2, 0) is 13.1 Å². The molecule has 1 aliphatic rings. The van der Waals surface area contributed by atoms with Crippen LogP contribution in [0.2, 0.25) is 0 Å². The molecular weight excluding hydrogens is 236 g/mol. The number of hydrogen-bond acceptors (Lipinski definition) is 3. The molecule has 1 aliphatic heterocycles. The second-order valence-corrected chi connectivity index (χ2v) is 5.94. The van der Waals surface area contributed by atoms with Gasteiger partial charge in [0.15, 0.2) is 0 Å². The summed E-state index contributed by atoms with van der Waals surface area (Å²) in [7, 11) is 2.21. The number of nitrogens with one attached hydrogen (secondary N) is 1. The van der Waals surface area contributed by atoms with E-state index < -0.39 is 0 Å². The van der Waals surface area contributed by atoms with Gasteiger partial charge in [0, 0.05) is 64.2 Å². The van der Waals surface area contributed by atoms with E-state index in [1.54, 1.807) is 0 Å². The summed E-state index contributed by atoms with van der Waals surface area (Å²) in [5.74, 6) is 0. The molecule has 0 saturated carbocycles. The van der Waals surface area contributed by atoms with Crippen molar-refractivity contribution in [3.05, 3.63) is 24.0 Å². The van der Waals surface area contributed by atoms with Gasteiger partial charge in [0.2, 0.25) is 0 Å². The second kappa shape index (κ2) is 7.08. The summed E-state index contributed by atoms with van der Waals surface area (Å²) >= 11 is 0. The van der Waals surface area contributed by atoms with E-state index in [0.717, 1.165) is 13.1 Å². The Balaban J connectivity index is 1.71. The van der Waals surface area contributed by atoms with E-state index in [2.05, 4.69) is 59.0 Å². The zero-order valence-electron chi connectivity index (χ0n) is 12.6. The Hall–Kier alpha value is -0.840. The summed E-state index contributed by atoms with van der Waals surface area (Å²) in [5, 5.41) is 3.46. The van der Waals surface area contributed by atoms with E-state index in [1.807, 2.05) is 0 Å². The highest BCUT2D eigenvalue weighted by Crippen LogP contribution is 2.04. The molecule has 0 amide bonds. The van der Waals surface area contributed by atoms with Crippen molar-refractivity contribution < 1.29 is 0 Å². The lowest BCUT2D eigenvalue weighted by Crippen LogP contribution is -2.45. The third-order valence-electron chi connectivity index (χ3n) is 3.80. The minimum atomic E-state index is 0.550. The molecule has 0 aromatic carbocycles. The van der Waals surface area contributed by atoms with Gasteiger partial charge in [0.1, 0.15) is 0 Å². The Morgan fingerprint density at radius 1 is 1.16 bits per heavy atom. The van der Waals surface area contributed by atoms with E-state index in [1.165, 1.54) is 38.3 Å². The van der Waals surface area contributed by atoms with Crippen molar-refractivity contribution in [3.63, 3.8) is 0 Å². The highest BCUT2D eigenvalue weighted by molar-refractivity contribution is 5.10. The van der Waals surface area contributed by atoms with Gasteiger partial charge in [-0.3, -0.25) is 4.90 Å². The summed E-state index contributed by atoms with van der Waals surface area (Å²) in [6.07, 6.45) is 4.47. The molecule has 1 aromatic heterocycles. The molecule has 19 heavy (non-hydrogen) atoms. The summed E-state index contributed by atoms with van der Waals surface area (Å²) in [6, 6.07) is 2.77. The summed E-state index contributed by atoms with van der Waals surface area (Å²) < 4.78 is 2.32. The van der Waals surface area contributed by atoms with E-state index >= 15 is 0 Å². The summed E-state index contributed by atoms with van der Waals surface area (Å²) in [5.41, 5.74) is 1.38. The van der Waals surface area contributed by atoms with Crippen LogP contribution in [0.4, 0.5) is 0 Å². The number of piperazine rings is 1. The number of nitrogens with zero attached hydrogens (tertiary/aromatic N) is 3. The molecule has 0 spiro atoms. The normalized spacial score (nSPS) is 18.3. The van der Waals surface area contributed by atoms with Gasteiger partial charge in [0.05, 0.1) is 0 Å². The van der Waals surface area contributed by atoms with Crippen LogP contribution in [0.25, 0.3) is 0 Å². The van der Waals surface area contributed by atoms with Gasteiger partial charge in [-0.1, -0.05) is 13.8 Å². The Labute approximate surface area is 117 Å². The van der Waals surface area contributed by atoms with E-state index in [-0.39, 0.29) is 0 Å². The lowest BCUT2D eigenvalue weighted by Gasteiger charge is -2.32. The third-order valence-corrected chi connectivity index (χ3v) is 3.80. The molecule has 4 heteroatoms. The van der Waals surface area contributed by atoms with Crippen molar-refractivity contribution in [2.45, 2.75) is 33.0 Å². The quantitative estimate of drug-likeness (QED) is 0.836. The topological polar surface area (TPSA) is 23.4 Å². The SMILES string of the molecule is CC(C)NCc1ccn(CCN2CCN(C)CC2)c1. The zero-order chi connectivity index (χ0) is 13.7. The highest BCUT2D eigenvalue weighted by atomic mass is 15.2. The maximum Gasteiger partial charge on any atom is 0.0347 e. The largest absolute Gasteiger partial charge is 0.353 e. The first-order chi connectivity index (χ1) is 9.13. The first-order valence-electron chi connectivity index (χ1n) is 7.42. The molecule has 0 bridgehead atoms. The highest BCUT2D eigenvalue weighted by Gasteiger charge is 2.12. The number of likely N-dealkylation sites (N-methyl/N-ethyl adjacent to an activating group) is 1. The van der Waals surface area contributed by atoms with Gasteiger partial charge in [0.25, 0.3) is 0 Å². The monoisotopic (exact) mass is 264 g/mol. The molecule has 1 fully saturated rings. The molecule has 4 nitrogen and oxygen atoms in total. The van der Waals surface area contributed by atoms with Gasteiger partial charge >= 0.3 is 0 Å². The molecule has 1 N–H and O–H groups in total. The molecule has 1 aromatic rings. The Morgan fingerprint density at radius 2 is 1.89 bits per heavy atom. The number of aromatic nitrogens is 1. The van der Waals surface area contributed by atoms with Crippen LogP contribution in [0.3, 0.4) is 0 Å². The molecule has 108 valence electrons. The van der Waals surface area contributed by atoms with Crippen LogP contribution < -0.4 is 5.32 Å². The van der Waals surface area contributed by atoms with Gasteiger partial charge in [-0.05, 0) is 18.7 Å². The molecule has 0 unspecified atom stereocenters. The van der Waals surface area contributed by atoms with Crippen LogP contribution in [0.5, 0.6) is 0 Å². The standard InChI is InChI=1S/C15H28N4/c1-14(2)16-12-15-4-5-19(13-15)11-10-18-8-6-17(3)7-9-18/h4-5,13-14,16H,6-12H2,1-3H3. The van der Waals surface area contributed by atoms with E-state index in [9.17, 15) is 0 Å². The fourth-order valence-corrected chi connectivity index (χ4v) is 2.38. The lowest BCUT2D eigenvalue weighted by atomic mass is 10.3. The predicted octanol–water partition coefficient (Wildman–Crippen LogP) is 1.23. The Morgan fingerprint density at radius 3 is 2.58 bits per heavy atom. The molecular formula is C15H28N4. The molecule has 2 rings (SSSR count). The van der Waals surface area contributed by atoms with Crippen LogP contribution in [0.1, 0.15) is 19.4 Å². The first-order valence-corrected chi connectivity index (χ1v) is 7.42. The van der Waals surface area contributed by atoms with Crippen LogP contribution in [0.15, 0.2) is 18.5 Å². The predicted molar refractivity (Wildman–Crippen MR) is 80.3 cm³/mol.